The molecule has 6 nitrogen and oxygen atoms in total. The monoisotopic (exact) mass is 376 g/mol. The van der Waals surface area contributed by atoms with Crippen LogP contribution in [0.2, 0.25) is 0 Å². The van der Waals surface area contributed by atoms with Gasteiger partial charge in [-0.1, -0.05) is 24.3 Å². The van der Waals surface area contributed by atoms with E-state index >= 15 is 0 Å². The molecule has 0 radical (unpaired) electrons. The second-order valence-electron chi connectivity index (χ2n) is 3.48. The van der Waals surface area contributed by atoms with E-state index < -0.39 is 4.92 Å². The number of nitro benzene ring substituents is 1. The molecule has 0 saturated heterocycles. The maximum Gasteiger partial charge on any atom is 0.274 e. The van der Waals surface area contributed by atoms with Crippen LogP contribution in [-0.4, -0.2) is 24.5 Å². The average Bonchev–Trinajstić information content (AvgIpc) is 2.39. The van der Waals surface area contributed by atoms with Crippen molar-refractivity contribution in [2.24, 2.45) is 4.99 Å². The minimum Gasteiger partial charge on any atom is -0.353 e. The third kappa shape index (κ3) is 5.69. The molecule has 0 amide bonds. The fourth-order valence-corrected chi connectivity index (χ4v) is 1.41. The zero-order valence-corrected chi connectivity index (χ0v) is 13.0. The summed E-state index contributed by atoms with van der Waals surface area (Å²) in [6, 6.07) is 6.61. The van der Waals surface area contributed by atoms with Crippen LogP contribution in [0, 0.1) is 10.1 Å². The lowest BCUT2D eigenvalue weighted by atomic mass is 10.2. The lowest BCUT2D eigenvalue weighted by Gasteiger charge is -2.10. The van der Waals surface area contributed by atoms with E-state index in [4.69, 9.17) is 0 Å². The van der Waals surface area contributed by atoms with Crippen LogP contribution in [0.3, 0.4) is 0 Å². The van der Waals surface area contributed by atoms with Crippen LogP contribution in [0.25, 0.3) is 0 Å². The largest absolute Gasteiger partial charge is 0.353 e. The van der Waals surface area contributed by atoms with Crippen LogP contribution in [0.15, 0.2) is 41.9 Å². The summed E-state index contributed by atoms with van der Waals surface area (Å²) in [6.07, 6.45) is 1.71. The van der Waals surface area contributed by atoms with Crippen molar-refractivity contribution >= 4 is 35.6 Å². The number of benzene rings is 1. The number of nitrogens with one attached hydrogen (secondary N) is 2. The normalized spacial score (nSPS) is 10.3. The summed E-state index contributed by atoms with van der Waals surface area (Å²) in [6.45, 7) is 4.51. The van der Waals surface area contributed by atoms with E-state index in [0.717, 1.165) is 0 Å². The Kier molecular flexibility index (Phi) is 8.51. The summed E-state index contributed by atoms with van der Waals surface area (Å²) >= 11 is 0. The van der Waals surface area contributed by atoms with Crippen molar-refractivity contribution in [1.82, 2.24) is 10.6 Å². The first-order valence-corrected chi connectivity index (χ1v) is 5.46. The topological polar surface area (TPSA) is 79.6 Å². The Morgan fingerprint density at radius 2 is 2.16 bits per heavy atom. The van der Waals surface area contributed by atoms with Crippen molar-refractivity contribution in [2.75, 3.05) is 13.6 Å². The van der Waals surface area contributed by atoms with E-state index in [2.05, 4.69) is 22.2 Å². The Balaban J connectivity index is 0.00000324. The number of rotatable bonds is 5. The zero-order valence-electron chi connectivity index (χ0n) is 10.6. The van der Waals surface area contributed by atoms with E-state index in [1.54, 1.807) is 31.3 Å². The molecule has 1 rings (SSSR count). The van der Waals surface area contributed by atoms with Gasteiger partial charge < -0.3 is 10.6 Å². The second kappa shape index (κ2) is 9.31. The first-order valence-electron chi connectivity index (χ1n) is 5.46. The number of hydrogen-bond acceptors (Lipinski definition) is 3. The third-order valence-corrected chi connectivity index (χ3v) is 2.27. The molecule has 7 heteroatoms. The van der Waals surface area contributed by atoms with Crippen LogP contribution >= 0.6 is 24.0 Å². The molecule has 1 aromatic rings. The van der Waals surface area contributed by atoms with Gasteiger partial charge in [0.1, 0.15) is 0 Å². The molecule has 0 unspecified atom stereocenters. The predicted octanol–water partition coefficient (Wildman–Crippen LogP) is 2.06. The molecule has 0 heterocycles. The van der Waals surface area contributed by atoms with Gasteiger partial charge in [0.05, 0.1) is 4.92 Å². The van der Waals surface area contributed by atoms with E-state index in [9.17, 15) is 10.1 Å². The molecule has 0 spiro atoms. The van der Waals surface area contributed by atoms with Gasteiger partial charge in [-0.2, -0.15) is 0 Å². The van der Waals surface area contributed by atoms with Crippen molar-refractivity contribution in [3.8, 4) is 0 Å². The first kappa shape index (κ1) is 17.4. The number of hydrogen-bond donors (Lipinski definition) is 2. The van der Waals surface area contributed by atoms with E-state index in [0.29, 0.717) is 24.6 Å². The lowest BCUT2D eigenvalue weighted by Crippen LogP contribution is -2.36. The third-order valence-electron chi connectivity index (χ3n) is 2.27. The molecule has 0 atom stereocenters. The van der Waals surface area contributed by atoms with E-state index in [-0.39, 0.29) is 29.7 Å². The van der Waals surface area contributed by atoms with Crippen molar-refractivity contribution < 1.29 is 4.92 Å². The van der Waals surface area contributed by atoms with Gasteiger partial charge in [0.2, 0.25) is 0 Å². The Bertz CT molecular complexity index is 463. The molecule has 1 aromatic carbocycles. The van der Waals surface area contributed by atoms with Gasteiger partial charge in [-0.25, -0.2) is 0 Å². The van der Waals surface area contributed by atoms with Crippen molar-refractivity contribution in [3.63, 3.8) is 0 Å². The van der Waals surface area contributed by atoms with Crippen LogP contribution in [0.4, 0.5) is 5.69 Å². The Morgan fingerprint density at radius 1 is 1.47 bits per heavy atom. The molecule has 104 valence electrons. The molecule has 0 aliphatic heterocycles. The maximum atomic E-state index is 10.8. The Labute approximate surface area is 129 Å². The van der Waals surface area contributed by atoms with Gasteiger partial charge >= 0.3 is 0 Å². The molecule has 0 aliphatic rings. The van der Waals surface area contributed by atoms with Crippen LogP contribution in [0.5, 0.6) is 0 Å². The fraction of sp³-hybridized carbons (Fsp3) is 0.250. The number of nitrogens with zero attached hydrogens (tertiary/aromatic N) is 2. The molecular weight excluding hydrogens is 359 g/mol. The Hall–Kier alpha value is -1.64. The standard InChI is InChI=1S/C12H16N4O2.HI/c1-3-8-14-12(13-2)15-9-10-6-4-5-7-11(10)16(17)18;/h3-7H,1,8-9H2,2H3,(H2,13,14,15);1H. The quantitative estimate of drug-likeness (QED) is 0.206. The molecule has 2 N–H and O–H groups in total. The van der Waals surface area contributed by atoms with Crippen LogP contribution < -0.4 is 10.6 Å². The number of nitro groups is 1. The van der Waals surface area contributed by atoms with Crippen molar-refractivity contribution in [1.29, 1.82) is 0 Å². The highest BCUT2D eigenvalue weighted by atomic mass is 127. The highest BCUT2D eigenvalue weighted by Gasteiger charge is 2.11. The first-order chi connectivity index (χ1) is 8.69. The molecule has 0 fully saturated rings. The highest BCUT2D eigenvalue weighted by Crippen LogP contribution is 2.16. The lowest BCUT2D eigenvalue weighted by molar-refractivity contribution is -0.385. The van der Waals surface area contributed by atoms with Gasteiger partial charge in [0.15, 0.2) is 5.96 Å². The predicted molar refractivity (Wildman–Crippen MR) is 86.9 cm³/mol. The van der Waals surface area contributed by atoms with Gasteiger partial charge in [-0.05, 0) is 0 Å². The van der Waals surface area contributed by atoms with Gasteiger partial charge in [-0.15, -0.1) is 30.6 Å². The number of halogens is 1. The summed E-state index contributed by atoms with van der Waals surface area (Å²) in [5.74, 6) is 0.577. The van der Waals surface area contributed by atoms with Crippen LogP contribution in [0.1, 0.15) is 5.56 Å². The number of para-hydroxylation sites is 1. The molecule has 0 saturated carbocycles. The molecular formula is C12H17IN4O2. The SMILES string of the molecule is C=CCNC(=NC)NCc1ccccc1[N+](=O)[O-].I. The molecule has 19 heavy (non-hydrogen) atoms. The van der Waals surface area contributed by atoms with Gasteiger partial charge in [0, 0.05) is 31.8 Å². The van der Waals surface area contributed by atoms with E-state index in [1.165, 1.54) is 6.07 Å². The molecule has 0 bridgehead atoms. The molecule has 0 aromatic heterocycles. The zero-order chi connectivity index (χ0) is 13.4. The number of guanidine groups is 1. The van der Waals surface area contributed by atoms with Gasteiger partial charge in [0.25, 0.3) is 5.69 Å². The summed E-state index contributed by atoms with van der Waals surface area (Å²) < 4.78 is 0. The Morgan fingerprint density at radius 3 is 2.74 bits per heavy atom. The van der Waals surface area contributed by atoms with Crippen molar-refractivity contribution in [3.05, 3.63) is 52.6 Å². The smallest absolute Gasteiger partial charge is 0.274 e. The van der Waals surface area contributed by atoms with Gasteiger partial charge in [-0.3, -0.25) is 15.1 Å². The van der Waals surface area contributed by atoms with Crippen LogP contribution in [-0.2, 0) is 6.54 Å². The van der Waals surface area contributed by atoms with Crippen molar-refractivity contribution in [2.45, 2.75) is 6.54 Å². The number of aliphatic imine (C=N–C) groups is 1. The minimum absolute atomic E-state index is 0. The minimum atomic E-state index is -0.392. The summed E-state index contributed by atoms with van der Waals surface area (Å²) in [4.78, 5) is 14.4. The maximum absolute atomic E-state index is 10.8. The highest BCUT2D eigenvalue weighted by molar-refractivity contribution is 14.0. The average molecular weight is 376 g/mol. The van der Waals surface area contributed by atoms with E-state index in [1.807, 2.05) is 0 Å². The second-order valence-corrected chi connectivity index (χ2v) is 3.48. The summed E-state index contributed by atoms with van der Waals surface area (Å²) in [5.41, 5.74) is 0.716. The fourth-order valence-electron chi connectivity index (χ4n) is 1.41. The summed E-state index contributed by atoms with van der Waals surface area (Å²) in [5, 5.41) is 16.8. The molecule has 0 aliphatic carbocycles. The summed E-state index contributed by atoms with van der Waals surface area (Å²) in [7, 11) is 1.64.